The van der Waals surface area contributed by atoms with E-state index in [4.69, 9.17) is 14.5 Å². The molecule has 2 aliphatic rings. The number of carbonyl (C=O) groups excluding carboxylic acids is 1. The van der Waals surface area contributed by atoms with Crippen molar-refractivity contribution in [2.75, 3.05) is 45.7 Å². The highest BCUT2D eigenvalue weighted by Gasteiger charge is 2.33. The Bertz CT molecular complexity index is 680. The topological polar surface area (TPSA) is 71.0 Å². The number of carbonyl (C=O) groups is 1. The Morgan fingerprint density at radius 2 is 1.92 bits per heavy atom. The van der Waals surface area contributed by atoms with Gasteiger partial charge in [-0.3, -0.25) is 0 Å². The van der Waals surface area contributed by atoms with Crippen LogP contribution in [-0.4, -0.2) is 78.3 Å². The second kappa shape index (κ2) is 6.90. The minimum Gasteiger partial charge on any atom is -0.481 e. The average Bonchev–Trinajstić information content (AvgIpc) is 2.50. The third-order valence-electron chi connectivity index (χ3n) is 4.74. The normalized spacial score (nSPS) is 17.8. The first-order chi connectivity index (χ1) is 12.2. The standard InChI is InChI=1S/C18H29N5O3/c1-18(2,3)26-17(24)22-8-7-13-14(11-22)19-16(20-15(13)25-6)23-9-12(10-23)21(4)5/h12H,7-11H2,1-6H3. The quantitative estimate of drug-likeness (QED) is 0.806. The number of aromatic nitrogens is 2. The lowest BCUT2D eigenvalue weighted by atomic mass is 10.1. The van der Waals surface area contributed by atoms with E-state index >= 15 is 0 Å². The number of likely N-dealkylation sites (N-methyl/N-ethyl adjacent to an activating group) is 1. The van der Waals surface area contributed by atoms with Crippen molar-refractivity contribution in [2.24, 2.45) is 0 Å². The fraction of sp³-hybridized carbons (Fsp3) is 0.722. The van der Waals surface area contributed by atoms with Crippen molar-refractivity contribution in [1.29, 1.82) is 0 Å². The van der Waals surface area contributed by atoms with Crippen molar-refractivity contribution in [2.45, 2.75) is 45.4 Å². The van der Waals surface area contributed by atoms with Crippen LogP contribution in [0.1, 0.15) is 32.0 Å². The monoisotopic (exact) mass is 363 g/mol. The van der Waals surface area contributed by atoms with Crippen molar-refractivity contribution in [3.63, 3.8) is 0 Å². The number of rotatable bonds is 3. The number of hydrogen-bond acceptors (Lipinski definition) is 7. The molecule has 0 spiro atoms. The van der Waals surface area contributed by atoms with Gasteiger partial charge in [0.05, 0.1) is 19.3 Å². The van der Waals surface area contributed by atoms with Crippen molar-refractivity contribution < 1.29 is 14.3 Å². The number of hydrogen-bond donors (Lipinski definition) is 0. The minimum atomic E-state index is -0.509. The Labute approximate surface area is 155 Å². The molecule has 144 valence electrons. The summed E-state index contributed by atoms with van der Waals surface area (Å²) in [4.78, 5) is 27.8. The summed E-state index contributed by atoms with van der Waals surface area (Å²) in [5.74, 6) is 1.28. The molecule has 26 heavy (non-hydrogen) atoms. The van der Waals surface area contributed by atoms with Crippen LogP contribution in [0.15, 0.2) is 0 Å². The van der Waals surface area contributed by atoms with E-state index in [-0.39, 0.29) is 6.09 Å². The van der Waals surface area contributed by atoms with Crippen LogP contribution in [0.3, 0.4) is 0 Å². The van der Waals surface area contributed by atoms with Crippen molar-refractivity contribution in [3.05, 3.63) is 11.3 Å². The first-order valence-electron chi connectivity index (χ1n) is 9.01. The van der Waals surface area contributed by atoms with E-state index in [0.29, 0.717) is 37.4 Å². The molecule has 0 aliphatic carbocycles. The van der Waals surface area contributed by atoms with E-state index < -0.39 is 5.60 Å². The molecule has 3 heterocycles. The van der Waals surface area contributed by atoms with E-state index in [1.165, 1.54) is 0 Å². The van der Waals surface area contributed by atoms with Gasteiger partial charge in [0.1, 0.15) is 5.60 Å². The van der Waals surface area contributed by atoms with E-state index in [1.807, 2.05) is 20.8 Å². The van der Waals surface area contributed by atoms with Crippen LogP contribution in [0.2, 0.25) is 0 Å². The minimum absolute atomic E-state index is 0.307. The molecule has 0 N–H and O–H groups in total. The Morgan fingerprint density at radius 1 is 1.23 bits per heavy atom. The van der Waals surface area contributed by atoms with Gasteiger partial charge in [0, 0.05) is 31.2 Å². The molecular formula is C18H29N5O3. The fourth-order valence-corrected chi connectivity index (χ4v) is 3.12. The molecule has 8 heteroatoms. The van der Waals surface area contributed by atoms with Gasteiger partial charge in [-0.15, -0.1) is 0 Å². The van der Waals surface area contributed by atoms with Gasteiger partial charge < -0.3 is 24.2 Å². The van der Waals surface area contributed by atoms with Crippen molar-refractivity contribution >= 4 is 12.0 Å². The summed E-state index contributed by atoms with van der Waals surface area (Å²) in [6.07, 6.45) is 0.358. The van der Waals surface area contributed by atoms with Gasteiger partial charge in [-0.1, -0.05) is 0 Å². The van der Waals surface area contributed by atoms with Crippen molar-refractivity contribution in [3.8, 4) is 5.88 Å². The van der Waals surface area contributed by atoms with Gasteiger partial charge in [-0.05, 0) is 41.3 Å². The van der Waals surface area contributed by atoms with E-state index in [0.717, 1.165) is 24.3 Å². The number of methoxy groups -OCH3 is 1. The highest BCUT2D eigenvalue weighted by atomic mass is 16.6. The Kier molecular flexibility index (Phi) is 4.96. The lowest BCUT2D eigenvalue weighted by Crippen LogP contribution is -2.58. The van der Waals surface area contributed by atoms with E-state index in [9.17, 15) is 4.79 Å². The van der Waals surface area contributed by atoms with Gasteiger partial charge in [-0.2, -0.15) is 4.98 Å². The van der Waals surface area contributed by atoms with Gasteiger partial charge in [-0.25, -0.2) is 9.78 Å². The zero-order valence-corrected chi connectivity index (χ0v) is 16.6. The van der Waals surface area contributed by atoms with Crippen molar-refractivity contribution in [1.82, 2.24) is 19.8 Å². The SMILES string of the molecule is COc1nc(N2CC(N(C)C)C2)nc2c1CCN(C(=O)OC(C)(C)C)C2. The number of fused-ring (bicyclic) bond motifs is 1. The van der Waals surface area contributed by atoms with E-state index in [1.54, 1.807) is 12.0 Å². The molecule has 0 unspecified atom stereocenters. The zero-order valence-electron chi connectivity index (χ0n) is 16.6. The lowest BCUT2D eigenvalue weighted by Gasteiger charge is -2.43. The zero-order chi connectivity index (χ0) is 19.1. The van der Waals surface area contributed by atoms with Gasteiger partial charge in [0.15, 0.2) is 0 Å². The van der Waals surface area contributed by atoms with Crippen LogP contribution in [-0.2, 0) is 17.7 Å². The smallest absolute Gasteiger partial charge is 0.410 e. The molecule has 1 amide bonds. The number of anilines is 1. The Hall–Kier alpha value is -2.09. The largest absolute Gasteiger partial charge is 0.481 e. The maximum atomic E-state index is 12.4. The van der Waals surface area contributed by atoms with Gasteiger partial charge >= 0.3 is 6.09 Å². The highest BCUT2D eigenvalue weighted by Crippen LogP contribution is 2.30. The van der Waals surface area contributed by atoms with Crippen LogP contribution < -0.4 is 9.64 Å². The molecule has 0 saturated carbocycles. The number of ether oxygens (including phenoxy) is 2. The molecular weight excluding hydrogens is 334 g/mol. The fourth-order valence-electron chi connectivity index (χ4n) is 3.12. The molecule has 0 atom stereocenters. The number of nitrogens with zero attached hydrogens (tertiary/aromatic N) is 5. The molecule has 1 fully saturated rings. The molecule has 1 aromatic rings. The highest BCUT2D eigenvalue weighted by molar-refractivity contribution is 5.68. The summed E-state index contributed by atoms with van der Waals surface area (Å²) in [5, 5.41) is 0. The maximum Gasteiger partial charge on any atom is 0.410 e. The number of amides is 1. The Morgan fingerprint density at radius 3 is 2.50 bits per heavy atom. The third-order valence-corrected chi connectivity index (χ3v) is 4.74. The van der Waals surface area contributed by atoms with Gasteiger partial charge in [0.2, 0.25) is 11.8 Å². The molecule has 0 aromatic carbocycles. The molecule has 1 saturated heterocycles. The van der Waals surface area contributed by atoms with E-state index in [2.05, 4.69) is 28.9 Å². The van der Waals surface area contributed by atoms with Crippen LogP contribution in [0, 0.1) is 0 Å². The van der Waals surface area contributed by atoms with Crippen LogP contribution in [0.4, 0.5) is 10.7 Å². The summed E-state index contributed by atoms with van der Waals surface area (Å²) < 4.78 is 11.0. The molecule has 0 bridgehead atoms. The Balaban J connectivity index is 1.78. The third kappa shape index (κ3) is 3.85. The predicted molar refractivity (Wildman–Crippen MR) is 98.6 cm³/mol. The van der Waals surface area contributed by atoms with Crippen LogP contribution in [0.25, 0.3) is 0 Å². The molecule has 1 aromatic heterocycles. The maximum absolute atomic E-state index is 12.4. The average molecular weight is 363 g/mol. The molecule has 0 radical (unpaired) electrons. The summed E-state index contributed by atoms with van der Waals surface area (Å²) in [7, 11) is 5.79. The molecule has 3 rings (SSSR count). The molecule has 8 nitrogen and oxygen atoms in total. The van der Waals surface area contributed by atoms with Crippen LogP contribution in [0.5, 0.6) is 5.88 Å². The summed E-state index contributed by atoms with van der Waals surface area (Å²) in [6, 6.07) is 0.513. The van der Waals surface area contributed by atoms with Gasteiger partial charge in [0.25, 0.3) is 0 Å². The predicted octanol–water partition coefficient (Wildman–Crippen LogP) is 1.53. The second-order valence-corrected chi connectivity index (χ2v) is 8.13. The summed E-state index contributed by atoms with van der Waals surface area (Å²) >= 11 is 0. The lowest BCUT2D eigenvalue weighted by molar-refractivity contribution is 0.0219. The van der Waals surface area contributed by atoms with Crippen LogP contribution >= 0.6 is 0 Å². The first-order valence-corrected chi connectivity index (χ1v) is 9.01. The first kappa shape index (κ1) is 18.7. The summed E-state index contributed by atoms with van der Waals surface area (Å²) in [5.41, 5.74) is 1.32. The summed E-state index contributed by atoms with van der Waals surface area (Å²) in [6.45, 7) is 8.40. The molecule has 2 aliphatic heterocycles. The second-order valence-electron chi connectivity index (χ2n) is 8.13.